The summed E-state index contributed by atoms with van der Waals surface area (Å²) in [7, 11) is 1.85. The summed E-state index contributed by atoms with van der Waals surface area (Å²) in [5, 5.41) is 12.4. The van der Waals surface area contributed by atoms with Crippen molar-refractivity contribution in [3.05, 3.63) is 52.9 Å². The van der Waals surface area contributed by atoms with E-state index in [-0.39, 0.29) is 5.84 Å². The molecule has 0 amide bonds. The zero-order valence-electron chi connectivity index (χ0n) is 10.9. The molecule has 20 heavy (non-hydrogen) atoms. The predicted molar refractivity (Wildman–Crippen MR) is 78.1 cm³/mol. The quantitative estimate of drug-likeness (QED) is 0.388. The Morgan fingerprint density at radius 2 is 1.95 bits per heavy atom. The maximum absolute atomic E-state index is 8.78. The van der Waals surface area contributed by atoms with Crippen molar-refractivity contribution >= 4 is 23.3 Å². The van der Waals surface area contributed by atoms with Gasteiger partial charge in [0.2, 0.25) is 0 Å². The highest BCUT2D eigenvalue weighted by Gasteiger charge is 2.14. The van der Waals surface area contributed by atoms with Crippen LogP contribution in [0.2, 0.25) is 5.02 Å². The number of nitrogens with two attached hydrogens (primary N) is 1. The van der Waals surface area contributed by atoms with E-state index in [1.165, 1.54) is 6.20 Å². The summed E-state index contributed by atoms with van der Waals surface area (Å²) in [6.45, 7) is 0.599. The Labute approximate surface area is 121 Å². The average molecular weight is 292 g/mol. The number of hydrogen-bond donors (Lipinski definition) is 2. The number of rotatable bonds is 4. The van der Waals surface area contributed by atoms with Gasteiger partial charge in [0.05, 0.1) is 0 Å². The Hall–Kier alpha value is -2.34. The van der Waals surface area contributed by atoms with Crippen LogP contribution in [0.15, 0.2) is 41.8 Å². The topological polar surface area (TPSA) is 87.6 Å². The number of hydrogen-bond acceptors (Lipinski definition) is 5. The maximum atomic E-state index is 8.78. The van der Waals surface area contributed by atoms with E-state index in [2.05, 4.69) is 15.1 Å². The van der Waals surface area contributed by atoms with E-state index in [1.807, 2.05) is 36.2 Å². The van der Waals surface area contributed by atoms with Gasteiger partial charge in [-0.1, -0.05) is 28.9 Å². The number of benzene rings is 1. The fourth-order valence-corrected chi connectivity index (χ4v) is 1.90. The second-order valence-corrected chi connectivity index (χ2v) is 4.63. The lowest BCUT2D eigenvalue weighted by molar-refractivity contribution is 0.318. The number of aromatic nitrogens is 2. The molecule has 1 aromatic carbocycles. The van der Waals surface area contributed by atoms with Crippen molar-refractivity contribution in [1.82, 2.24) is 9.97 Å². The summed E-state index contributed by atoms with van der Waals surface area (Å²) >= 11 is 5.85. The molecule has 0 aliphatic carbocycles. The minimum absolute atomic E-state index is 0.0731. The minimum Gasteiger partial charge on any atom is -0.409 e. The summed E-state index contributed by atoms with van der Waals surface area (Å²) in [6, 6.07) is 7.51. The first-order valence-electron chi connectivity index (χ1n) is 5.86. The molecule has 0 unspecified atom stereocenters. The summed E-state index contributed by atoms with van der Waals surface area (Å²) in [5.74, 6) is 0.466. The van der Waals surface area contributed by atoms with Gasteiger partial charge in [0.15, 0.2) is 17.3 Å². The normalized spacial score (nSPS) is 11.4. The Morgan fingerprint density at radius 1 is 1.30 bits per heavy atom. The van der Waals surface area contributed by atoms with E-state index >= 15 is 0 Å². The highest BCUT2D eigenvalue weighted by Crippen LogP contribution is 2.17. The molecule has 1 aromatic heterocycles. The molecule has 0 saturated heterocycles. The second kappa shape index (κ2) is 6.21. The molecule has 1 heterocycles. The van der Waals surface area contributed by atoms with E-state index < -0.39 is 0 Å². The van der Waals surface area contributed by atoms with E-state index in [0.29, 0.717) is 23.1 Å². The smallest absolute Gasteiger partial charge is 0.192 e. The highest BCUT2D eigenvalue weighted by molar-refractivity contribution is 6.30. The van der Waals surface area contributed by atoms with Crippen molar-refractivity contribution in [3.63, 3.8) is 0 Å². The van der Waals surface area contributed by atoms with Gasteiger partial charge in [0.25, 0.3) is 0 Å². The molecular weight excluding hydrogens is 278 g/mol. The Kier molecular flexibility index (Phi) is 4.37. The fourth-order valence-electron chi connectivity index (χ4n) is 1.78. The molecule has 0 radical (unpaired) electrons. The summed E-state index contributed by atoms with van der Waals surface area (Å²) in [4.78, 5) is 10.2. The first kappa shape index (κ1) is 14.1. The molecule has 0 spiro atoms. The Balaban J connectivity index is 2.25. The number of amidine groups is 1. The summed E-state index contributed by atoms with van der Waals surface area (Å²) < 4.78 is 0. The molecule has 6 nitrogen and oxygen atoms in total. The lowest BCUT2D eigenvalue weighted by Gasteiger charge is -2.20. The first-order valence-corrected chi connectivity index (χ1v) is 6.24. The molecule has 7 heteroatoms. The molecule has 0 aliphatic heterocycles. The van der Waals surface area contributed by atoms with Gasteiger partial charge in [-0.15, -0.1) is 0 Å². The summed E-state index contributed by atoms with van der Waals surface area (Å²) in [6.07, 6.45) is 3.05. The van der Waals surface area contributed by atoms with Gasteiger partial charge >= 0.3 is 0 Å². The third-order valence-corrected chi connectivity index (χ3v) is 2.98. The van der Waals surface area contributed by atoms with Crippen LogP contribution in [0.25, 0.3) is 0 Å². The Bertz CT molecular complexity index is 614. The van der Waals surface area contributed by atoms with Crippen LogP contribution in [0, 0.1) is 0 Å². The van der Waals surface area contributed by atoms with Crippen LogP contribution in [0.1, 0.15) is 11.3 Å². The second-order valence-electron chi connectivity index (χ2n) is 4.20. The van der Waals surface area contributed by atoms with Crippen molar-refractivity contribution in [3.8, 4) is 0 Å². The minimum atomic E-state index is -0.0731. The third-order valence-electron chi connectivity index (χ3n) is 2.72. The molecule has 0 saturated carbocycles. The summed E-state index contributed by atoms with van der Waals surface area (Å²) in [5.41, 5.74) is 7.00. The van der Waals surface area contributed by atoms with Crippen LogP contribution in [0.3, 0.4) is 0 Å². The van der Waals surface area contributed by atoms with Gasteiger partial charge in [-0.2, -0.15) is 0 Å². The first-order chi connectivity index (χ1) is 9.61. The van der Waals surface area contributed by atoms with Crippen molar-refractivity contribution < 1.29 is 5.21 Å². The van der Waals surface area contributed by atoms with Gasteiger partial charge in [-0.25, -0.2) is 9.97 Å². The van der Waals surface area contributed by atoms with Crippen molar-refractivity contribution in [2.24, 2.45) is 10.9 Å². The molecule has 2 rings (SSSR count). The van der Waals surface area contributed by atoms with Crippen LogP contribution >= 0.6 is 11.6 Å². The van der Waals surface area contributed by atoms with Crippen molar-refractivity contribution in [2.75, 3.05) is 11.9 Å². The van der Waals surface area contributed by atoms with Gasteiger partial charge in [0, 0.05) is 31.0 Å². The van der Waals surface area contributed by atoms with Crippen LogP contribution in [0.5, 0.6) is 0 Å². The van der Waals surface area contributed by atoms with E-state index in [0.717, 1.165) is 5.56 Å². The van der Waals surface area contributed by atoms with Gasteiger partial charge in [-0.3, -0.25) is 0 Å². The van der Waals surface area contributed by atoms with Crippen LogP contribution < -0.4 is 10.6 Å². The number of nitrogens with zero attached hydrogens (tertiary/aromatic N) is 4. The molecule has 2 aromatic rings. The van der Waals surface area contributed by atoms with Gasteiger partial charge in [-0.05, 0) is 17.7 Å². The predicted octanol–water partition coefficient (Wildman–Crippen LogP) is 1.86. The van der Waals surface area contributed by atoms with Gasteiger partial charge in [0.1, 0.15) is 0 Å². The average Bonchev–Trinajstić information content (AvgIpc) is 2.48. The lowest BCUT2D eigenvalue weighted by Crippen LogP contribution is -2.24. The number of oxime groups is 1. The van der Waals surface area contributed by atoms with Gasteiger partial charge < -0.3 is 15.8 Å². The molecule has 104 valence electrons. The molecule has 0 fully saturated rings. The van der Waals surface area contributed by atoms with Crippen LogP contribution in [-0.4, -0.2) is 28.1 Å². The standard InChI is InChI=1S/C13H14ClN5O/c1-19(8-9-2-4-10(14)5-3-9)13-11(12(15)18-20)16-6-7-17-13/h2-7,20H,8H2,1H3,(H2,15,18). The monoisotopic (exact) mass is 291 g/mol. The Morgan fingerprint density at radius 3 is 2.60 bits per heavy atom. The number of anilines is 1. The molecule has 0 atom stereocenters. The van der Waals surface area contributed by atoms with E-state index in [1.54, 1.807) is 6.20 Å². The van der Waals surface area contributed by atoms with E-state index in [4.69, 9.17) is 22.5 Å². The molecule has 0 bridgehead atoms. The SMILES string of the molecule is CN(Cc1ccc(Cl)cc1)c1nccnc1C(N)=NO. The molecule has 3 N–H and O–H groups in total. The van der Waals surface area contributed by atoms with E-state index in [9.17, 15) is 0 Å². The van der Waals surface area contributed by atoms with Crippen LogP contribution in [-0.2, 0) is 6.54 Å². The van der Waals surface area contributed by atoms with Crippen molar-refractivity contribution in [1.29, 1.82) is 0 Å². The molecular formula is C13H14ClN5O. The van der Waals surface area contributed by atoms with Crippen molar-refractivity contribution in [2.45, 2.75) is 6.54 Å². The fraction of sp³-hybridized carbons (Fsp3) is 0.154. The lowest BCUT2D eigenvalue weighted by atomic mass is 10.2. The van der Waals surface area contributed by atoms with Crippen LogP contribution in [0.4, 0.5) is 5.82 Å². The zero-order valence-corrected chi connectivity index (χ0v) is 11.6. The zero-order chi connectivity index (χ0) is 14.5. The maximum Gasteiger partial charge on any atom is 0.192 e. The molecule has 0 aliphatic rings. The number of halogens is 1. The highest BCUT2D eigenvalue weighted by atomic mass is 35.5. The largest absolute Gasteiger partial charge is 0.409 e. The third kappa shape index (κ3) is 3.16.